The number of aromatic hydroxyl groups is 1. The number of imidazole rings is 1. The molecule has 0 aliphatic heterocycles. The number of ether oxygens (including phenoxy) is 1. The number of carbonyl (C=O) groups is 1. The summed E-state index contributed by atoms with van der Waals surface area (Å²) in [6.45, 7) is 0.215. The zero-order chi connectivity index (χ0) is 16.4. The summed E-state index contributed by atoms with van der Waals surface area (Å²) in [6, 6.07) is 13.7. The van der Waals surface area contributed by atoms with Crippen LogP contribution in [-0.4, -0.2) is 27.7 Å². The van der Waals surface area contributed by atoms with Crippen molar-refractivity contribution < 1.29 is 14.6 Å². The Bertz CT molecular complexity index is 924. The third-order valence-corrected chi connectivity index (χ3v) is 3.73. The standard InChI is InChI=1S/C17H16N2O4/c1-23-15(20)9-14-16(21)19(17(22)18-14)10-11-6-7-12-4-2-3-5-13(12)8-11/h2-8,21H,9-10H2,1H3,(H,18,22). The zero-order valence-corrected chi connectivity index (χ0v) is 12.6. The van der Waals surface area contributed by atoms with Crippen LogP contribution in [0.4, 0.5) is 0 Å². The number of nitrogens with one attached hydrogen (secondary N) is 1. The molecule has 23 heavy (non-hydrogen) atoms. The third-order valence-electron chi connectivity index (χ3n) is 3.73. The summed E-state index contributed by atoms with van der Waals surface area (Å²) in [5, 5.41) is 12.3. The van der Waals surface area contributed by atoms with Gasteiger partial charge in [-0.3, -0.25) is 9.36 Å². The van der Waals surface area contributed by atoms with Crippen LogP contribution in [0.5, 0.6) is 5.88 Å². The van der Waals surface area contributed by atoms with Crippen LogP contribution < -0.4 is 5.69 Å². The predicted octanol–water partition coefficient (Wildman–Crippen LogP) is 1.80. The number of esters is 1. The number of benzene rings is 2. The number of carbonyl (C=O) groups excluding carboxylic acids is 1. The Hall–Kier alpha value is -3.02. The second-order valence-corrected chi connectivity index (χ2v) is 5.25. The lowest BCUT2D eigenvalue weighted by molar-refractivity contribution is -0.139. The van der Waals surface area contributed by atoms with Crippen molar-refractivity contribution in [2.45, 2.75) is 13.0 Å². The molecule has 0 atom stereocenters. The molecule has 0 amide bonds. The van der Waals surface area contributed by atoms with Gasteiger partial charge in [0.15, 0.2) is 0 Å². The van der Waals surface area contributed by atoms with Gasteiger partial charge in [0.05, 0.1) is 25.8 Å². The molecule has 0 unspecified atom stereocenters. The van der Waals surface area contributed by atoms with E-state index in [0.717, 1.165) is 16.3 Å². The Morgan fingerprint density at radius 3 is 2.70 bits per heavy atom. The van der Waals surface area contributed by atoms with Gasteiger partial charge in [0, 0.05) is 0 Å². The van der Waals surface area contributed by atoms with Crippen molar-refractivity contribution in [2.24, 2.45) is 0 Å². The minimum atomic E-state index is -0.528. The van der Waals surface area contributed by atoms with Crippen molar-refractivity contribution in [3.8, 4) is 5.88 Å². The van der Waals surface area contributed by atoms with E-state index in [-0.39, 0.29) is 24.5 Å². The van der Waals surface area contributed by atoms with E-state index >= 15 is 0 Å². The highest BCUT2D eigenvalue weighted by Crippen LogP contribution is 2.19. The number of aromatic amines is 1. The first kappa shape index (κ1) is 14.9. The predicted molar refractivity (Wildman–Crippen MR) is 85.5 cm³/mol. The lowest BCUT2D eigenvalue weighted by Crippen LogP contribution is -2.17. The van der Waals surface area contributed by atoms with Crippen LogP contribution in [0.25, 0.3) is 10.8 Å². The molecule has 1 aromatic heterocycles. The molecule has 0 bridgehead atoms. The summed E-state index contributed by atoms with van der Waals surface area (Å²) >= 11 is 0. The average molecular weight is 312 g/mol. The van der Waals surface area contributed by atoms with Crippen molar-refractivity contribution >= 4 is 16.7 Å². The fourth-order valence-corrected chi connectivity index (χ4v) is 2.52. The van der Waals surface area contributed by atoms with Gasteiger partial charge in [-0.05, 0) is 22.4 Å². The molecule has 6 heteroatoms. The molecule has 3 aromatic rings. The van der Waals surface area contributed by atoms with E-state index in [0.29, 0.717) is 0 Å². The van der Waals surface area contributed by atoms with Crippen molar-refractivity contribution in [2.75, 3.05) is 7.11 Å². The maximum absolute atomic E-state index is 12.0. The molecule has 0 fully saturated rings. The summed E-state index contributed by atoms with van der Waals surface area (Å²) in [4.78, 5) is 25.8. The van der Waals surface area contributed by atoms with E-state index in [9.17, 15) is 14.7 Å². The van der Waals surface area contributed by atoms with Crippen LogP contribution in [0.15, 0.2) is 47.3 Å². The Kier molecular flexibility index (Phi) is 3.89. The maximum Gasteiger partial charge on any atom is 0.328 e. The first-order valence-electron chi connectivity index (χ1n) is 7.13. The van der Waals surface area contributed by atoms with E-state index in [4.69, 9.17) is 0 Å². The molecule has 2 N–H and O–H groups in total. The molecule has 0 saturated carbocycles. The van der Waals surface area contributed by atoms with Gasteiger partial charge in [-0.2, -0.15) is 0 Å². The quantitative estimate of drug-likeness (QED) is 0.720. The van der Waals surface area contributed by atoms with E-state index in [2.05, 4.69) is 9.72 Å². The van der Waals surface area contributed by atoms with E-state index in [1.54, 1.807) is 0 Å². The molecular formula is C17H16N2O4. The van der Waals surface area contributed by atoms with Crippen LogP contribution in [0, 0.1) is 0 Å². The van der Waals surface area contributed by atoms with Gasteiger partial charge in [0.1, 0.15) is 0 Å². The molecule has 6 nitrogen and oxygen atoms in total. The summed E-state index contributed by atoms with van der Waals surface area (Å²) < 4.78 is 5.74. The molecular weight excluding hydrogens is 296 g/mol. The van der Waals surface area contributed by atoms with Crippen LogP contribution in [0.1, 0.15) is 11.3 Å². The molecule has 1 heterocycles. The van der Waals surface area contributed by atoms with Gasteiger partial charge >= 0.3 is 11.7 Å². The second kappa shape index (κ2) is 6.00. The zero-order valence-electron chi connectivity index (χ0n) is 12.6. The third kappa shape index (κ3) is 2.96. The van der Waals surface area contributed by atoms with Crippen molar-refractivity contribution in [3.05, 3.63) is 64.2 Å². The second-order valence-electron chi connectivity index (χ2n) is 5.25. The Morgan fingerprint density at radius 1 is 1.22 bits per heavy atom. The monoisotopic (exact) mass is 312 g/mol. The largest absolute Gasteiger partial charge is 0.493 e. The number of fused-ring (bicyclic) bond motifs is 1. The van der Waals surface area contributed by atoms with Crippen molar-refractivity contribution in [3.63, 3.8) is 0 Å². The molecule has 118 valence electrons. The fourth-order valence-electron chi connectivity index (χ4n) is 2.52. The summed E-state index contributed by atoms with van der Waals surface area (Å²) in [5.41, 5.74) is 0.571. The Balaban J connectivity index is 1.92. The van der Waals surface area contributed by atoms with Gasteiger partial charge in [-0.1, -0.05) is 36.4 Å². The van der Waals surface area contributed by atoms with E-state index < -0.39 is 11.7 Å². The fraction of sp³-hybridized carbons (Fsp3) is 0.176. The van der Waals surface area contributed by atoms with Gasteiger partial charge in [-0.15, -0.1) is 0 Å². The number of methoxy groups -OCH3 is 1. The van der Waals surface area contributed by atoms with E-state index in [1.807, 2.05) is 42.5 Å². The number of rotatable bonds is 4. The molecule has 0 aliphatic carbocycles. The normalized spacial score (nSPS) is 10.8. The highest BCUT2D eigenvalue weighted by atomic mass is 16.5. The lowest BCUT2D eigenvalue weighted by atomic mass is 10.1. The SMILES string of the molecule is COC(=O)Cc1[nH]c(=O)n(Cc2ccc3ccccc3c2)c1O. The molecule has 0 spiro atoms. The molecule has 3 rings (SSSR count). The summed E-state index contributed by atoms with van der Waals surface area (Å²) in [6.07, 6.45) is -0.178. The van der Waals surface area contributed by atoms with Crippen LogP contribution >= 0.6 is 0 Å². The molecule has 0 radical (unpaired) electrons. The number of H-pyrrole nitrogens is 1. The minimum absolute atomic E-state index is 0.155. The lowest BCUT2D eigenvalue weighted by Gasteiger charge is -2.06. The van der Waals surface area contributed by atoms with Crippen molar-refractivity contribution in [1.82, 2.24) is 9.55 Å². The van der Waals surface area contributed by atoms with Crippen LogP contribution in [0.2, 0.25) is 0 Å². The van der Waals surface area contributed by atoms with Gasteiger partial charge < -0.3 is 14.8 Å². The molecule has 0 saturated heterocycles. The topological polar surface area (TPSA) is 84.3 Å². The maximum atomic E-state index is 12.0. The Labute approximate surface area is 131 Å². The van der Waals surface area contributed by atoms with Crippen molar-refractivity contribution in [1.29, 1.82) is 0 Å². The van der Waals surface area contributed by atoms with E-state index in [1.165, 1.54) is 11.7 Å². The summed E-state index contributed by atoms with van der Waals surface area (Å²) in [7, 11) is 1.25. The number of aromatic nitrogens is 2. The number of hydrogen-bond donors (Lipinski definition) is 2. The highest BCUT2D eigenvalue weighted by Gasteiger charge is 2.16. The molecule has 2 aromatic carbocycles. The van der Waals surface area contributed by atoms with Crippen LogP contribution in [0.3, 0.4) is 0 Å². The number of nitrogens with zero attached hydrogens (tertiary/aromatic N) is 1. The van der Waals surface area contributed by atoms with Gasteiger partial charge in [0.2, 0.25) is 5.88 Å². The van der Waals surface area contributed by atoms with Gasteiger partial charge in [-0.25, -0.2) is 4.79 Å². The summed E-state index contributed by atoms with van der Waals surface area (Å²) in [5.74, 6) is -0.770. The average Bonchev–Trinajstić information content (AvgIpc) is 2.82. The first-order chi connectivity index (χ1) is 11.1. The van der Waals surface area contributed by atoms with Gasteiger partial charge in [0.25, 0.3) is 0 Å². The molecule has 0 aliphatic rings. The smallest absolute Gasteiger partial charge is 0.328 e. The minimum Gasteiger partial charge on any atom is -0.493 e. The Morgan fingerprint density at radius 2 is 1.96 bits per heavy atom. The van der Waals surface area contributed by atoms with Crippen LogP contribution in [-0.2, 0) is 22.5 Å². The number of hydrogen-bond acceptors (Lipinski definition) is 4. The first-order valence-corrected chi connectivity index (χ1v) is 7.13. The highest BCUT2D eigenvalue weighted by molar-refractivity contribution is 5.83.